The van der Waals surface area contributed by atoms with Crippen molar-refractivity contribution < 1.29 is 15.7 Å². The molecule has 0 N–H and O–H groups in total. The molecule has 4 heterocycles. The smallest absolute Gasteiger partial charge is 0.167 e. The van der Waals surface area contributed by atoms with Crippen LogP contribution in [0.5, 0.6) is 0 Å². The van der Waals surface area contributed by atoms with Crippen molar-refractivity contribution in [1.29, 1.82) is 0 Å². The van der Waals surface area contributed by atoms with E-state index in [0.29, 0.717) is 33.5 Å². The summed E-state index contributed by atoms with van der Waals surface area (Å²) in [5.41, 5.74) is 10.1. The number of nitrogens with zero attached hydrogens (tertiary/aromatic N) is 4. The maximum Gasteiger partial charge on any atom is 0.167 e. The van der Waals surface area contributed by atoms with E-state index in [1.165, 1.54) is 0 Å². The highest BCUT2D eigenvalue weighted by Crippen LogP contribution is 2.44. The summed E-state index contributed by atoms with van der Waals surface area (Å²) >= 11 is 0. The lowest BCUT2D eigenvalue weighted by atomic mass is 9.97. The number of hydrogen-bond acceptors (Lipinski definition) is 5. The molecule has 294 valence electrons. The van der Waals surface area contributed by atoms with Crippen molar-refractivity contribution >= 4 is 65.7 Å². The maximum atomic E-state index is 9.08. The number of rotatable bonds is 6. The zero-order valence-electron chi connectivity index (χ0n) is 38.3. The minimum atomic E-state index is -0.515. The van der Waals surface area contributed by atoms with Gasteiger partial charge in [-0.3, -0.25) is 0 Å². The van der Waals surface area contributed by atoms with Crippen LogP contribution >= 0.6 is 0 Å². The fourth-order valence-corrected chi connectivity index (χ4v) is 9.12. The van der Waals surface area contributed by atoms with Gasteiger partial charge in [0.25, 0.3) is 0 Å². The average Bonchev–Trinajstić information content (AvgIpc) is 4.07. The average molecular weight is 812 g/mol. The van der Waals surface area contributed by atoms with E-state index in [4.69, 9.17) is 30.6 Å². The van der Waals surface area contributed by atoms with Gasteiger partial charge in [0, 0.05) is 49.1 Å². The molecule has 6 heteroatoms. The largest absolute Gasteiger partial charge is 0.455 e. The first-order chi connectivity index (χ1) is 33.3. The van der Waals surface area contributed by atoms with Crippen molar-refractivity contribution in [3.05, 3.63) is 206 Å². The summed E-state index contributed by atoms with van der Waals surface area (Å²) in [5.74, 6) is 0.260. The summed E-state index contributed by atoms with van der Waals surface area (Å²) in [6, 6.07) is 56.7. The Bertz CT molecular complexity index is 4150. The SMILES string of the molecule is [2H]c1c([2H])c([2H])c(-c2nc(-c3cccc4c3oc3ccccc34)nc(-c3cc(-n4c5ccccc5c5ccccc54)cc4c3oc3c(-c5cccc(-c6ccccc6)c5)cccc34)n2)c([2H])c1[2H]. The fourth-order valence-electron chi connectivity index (χ4n) is 9.12. The van der Waals surface area contributed by atoms with Gasteiger partial charge in [0.2, 0.25) is 0 Å². The Morgan fingerprint density at radius 1 is 0.365 bits per heavy atom. The highest BCUT2D eigenvalue weighted by molar-refractivity contribution is 6.15. The Hall–Kier alpha value is -8.61. The van der Waals surface area contributed by atoms with Crippen molar-refractivity contribution in [3.8, 4) is 62.1 Å². The summed E-state index contributed by atoms with van der Waals surface area (Å²) in [5, 5.41) is 5.62. The van der Waals surface area contributed by atoms with Crippen molar-refractivity contribution in [1.82, 2.24) is 19.5 Å². The van der Waals surface area contributed by atoms with Crippen molar-refractivity contribution in [2.75, 3.05) is 0 Å². The third kappa shape index (κ3) is 5.62. The molecule has 0 fully saturated rings. The summed E-state index contributed by atoms with van der Waals surface area (Å²) < 4.78 is 59.7. The Morgan fingerprint density at radius 3 is 1.70 bits per heavy atom. The van der Waals surface area contributed by atoms with Crippen LogP contribution < -0.4 is 0 Å². The lowest BCUT2D eigenvalue weighted by Crippen LogP contribution is -2.01. The molecule has 0 aliphatic carbocycles. The first-order valence-corrected chi connectivity index (χ1v) is 20.7. The lowest BCUT2D eigenvalue weighted by Gasteiger charge is -2.12. The number of aromatic nitrogens is 4. The quantitative estimate of drug-likeness (QED) is 0.167. The van der Waals surface area contributed by atoms with E-state index in [0.717, 1.165) is 71.3 Å². The van der Waals surface area contributed by atoms with E-state index in [-0.39, 0.29) is 23.0 Å². The summed E-state index contributed by atoms with van der Waals surface area (Å²) in [7, 11) is 0. The van der Waals surface area contributed by atoms with Gasteiger partial charge in [0.1, 0.15) is 22.3 Å². The highest BCUT2D eigenvalue weighted by Gasteiger charge is 2.24. The Labute approximate surface area is 368 Å². The molecular formula is C57H34N4O2. The van der Waals surface area contributed by atoms with E-state index in [1.807, 2.05) is 97.1 Å². The van der Waals surface area contributed by atoms with Crippen LogP contribution in [0.4, 0.5) is 0 Å². The van der Waals surface area contributed by atoms with Gasteiger partial charge in [-0.1, -0.05) is 164 Å². The molecule has 0 bridgehead atoms. The predicted octanol–water partition coefficient (Wildman–Crippen LogP) is 15.1. The van der Waals surface area contributed by atoms with Gasteiger partial charge in [-0.2, -0.15) is 0 Å². The van der Waals surface area contributed by atoms with Crippen LogP contribution in [-0.2, 0) is 0 Å². The number of benzene rings is 9. The topological polar surface area (TPSA) is 69.9 Å². The van der Waals surface area contributed by atoms with Crippen molar-refractivity contribution in [2.24, 2.45) is 0 Å². The molecule has 0 aliphatic rings. The molecular weight excluding hydrogens is 773 g/mol. The number of para-hydroxylation sites is 5. The Morgan fingerprint density at radius 2 is 0.921 bits per heavy atom. The van der Waals surface area contributed by atoms with Gasteiger partial charge in [-0.05, 0) is 59.2 Å². The van der Waals surface area contributed by atoms with Gasteiger partial charge < -0.3 is 13.4 Å². The molecule has 4 aromatic heterocycles. The molecule has 0 saturated carbocycles. The molecule has 63 heavy (non-hydrogen) atoms. The minimum absolute atomic E-state index is 0.0972. The fraction of sp³-hybridized carbons (Fsp3) is 0. The molecule has 13 aromatic rings. The summed E-state index contributed by atoms with van der Waals surface area (Å²) in [6.45, 7) is 0. The second kappa shape index (κ2) is 14.0. The van der Waals surface area contributed by atoms with Crippen LogP contribution in [0.3, 0.4) is 0 Å². The molecule has 9 aromatic carbocycles. The zero-order valence-corrected chi connectivity index (χ0v) is 33.3. The van der Waals surface area contributed by atoms with E-state index >= 15 is 0 Å². The Kier molecular flexibility index (Phi) is 6.75. The molecule has 0 atom stereocenters. The molecule has 0 radical (unpaired) electrons. The van der Waals surface area contributed by atoms with Gasteiger partial charge in [0.15, 0.2) is 17.5 Å². The van der Waals surface area contributed by atoms with E-state index in [1.54, 1.807) is 0 Å². The maximum absolute atomic E-state index is 9.08. The van der Waals surface area contributed by atoms with Crippen LogP contribution in [-0.4, -0.2) is 19.5 Å². The third-order valence-corrected chi connectivity index (χ3v) is 11.9. The molecule has 13 rings (SSSR count). The van der Waals surface area contributed by atoms with Gasteiger partial charge >= 0.3 is 0 Å². The molecule has 0 unspecified atom stereocenters. The van der Waals surface area contributed by atoms with Crippen LogP contribution in [0, 0.1) is 0 Å². The van der Waals surface area contributed by atoms with Crippen LogP contribution in [0.1, 0.15) is 6.85 Å². The summed E-state index contributed by atoms with van der Waals surface area (Å²) in [4.78, 5) is 15.2. The second-order valence-corrected chi connectivity index (χ2v) is 15.6. The van der Waals surface area contributed by atoms with E-state index in [9.17, 15) is 0 Å². The third-order valence-electron chi connectivity index (χ3n) is 11.9. The summed E-state index contributed by atoms with van der Waals surface area (Å²) in [6.07, 6.45) is 0. The standard InChI is InChI=1S/C57H34N4O2/c1-3-16-35(17-4-1)37-20-13-21-38(32-37)40-25-14-27-45-47-33-39(61-49-29-10-7-22-41(49)42-23-8-11-30-50(42)61)34-48(54(47)63-52(40)45)57-59-55(36-18-5-2-6-19-36)58-56(60-57)46-28-15-26-44-43-24-9-12-31-51(43)62-53(44)46/h1-34H/i2D,5D,6D,18D,19D. The van der Waals surface area contributed by atoms with Crippen molar-refractivity contribution in [3.63, 3.8) is 0 Å². The van der Waals surface area contributed by atoms with Gasteiger partial charge in [0.05, 0.1) is 29.0 Å². The molecule has 0 saturated heterocycles. The lowest BCUT2D eigenvalue weighted by molar-refractivity contribution is 0.669. The molecule has 0 amide bonds. The van der Waals surface area contributed by atoms with Crippen molar-refractivity contribution in [2.45, 2.75) is 0 Å². The Balaban J connectivity index is 1.14. The zero-order chi connectivity index (χ0) is 45.8. The minimum Gasteiger partial charge on any atom is -0.455 e. The number of fused-ring (bicyclic) bond motifs is 9. The van der Waals surface area contributed by atoms with Crippen LogP contribution in [0.15, 0.2) is 215 Å². The number of hydrogen-bond donors (Lipinski definition) is 0. The molecule has 6 nitrogen and oxygen atoms in total. The normalized spacial score (nSPS) is 12.9. The van der Waals surface area contributed by atoms with Crippen LogP contribution in [0.2, 0.25) is 0 Å². The first-order valence-electron chi connectivity index (χ1n) is 23.2. The second-order valence-electron chi connectivity index (χ2n) is 15.6. The van der Waals surface area contributed by atoms with Gasteiger partial charge in [-0.15, -0.1) is 0 Å². The number of furan rings is 2. The first kappa shape index (κ1) is 30.4. The van der Waals surface area contributed by atoms with Gasteiger partial charge in [-0.25, -0.2) is 15.0 Å². The monoisotopic (exact) mass is 811 g/mol. The van der Waals surface area contributed by atoms with E-state index < -0.39 is 30.2 Å². The molecule has 0 spiro atoms. The van der Waals surface area contributed by atoms with E-state index in [2.05, 4.69) is 83.4 Å². The highest BCUT2D eigenvalue weighted by atomic mass is 16.3. The predicted molar refractivity (Wildman–Crippen MR) is 256 cm³/mol. The molecule has 0 aliphatic heterocycles. The van der Waals surface area contributed by atoms with Crippen LogP contribution in [0.25, 0.3) is 128 Å².